The fourth-order valence-corrected chi connectivity index (χ4v) is 4.08. The summed E-state index contributed by atoms with van der Waals surface area (Å²) >= 11 is 0. The molecule has 8 heteroatoms. The van der Waals surface area contributed by atoms with Crippen LogP contribution in [0.2, 0.25) is 0 Å². The van der Waals surface area contributed by atoms with Crippen LogP contribution in [0, 0.1) is 0 Å². The number of ketones is 1. The van der Waals surface area contributed by atoms with Crippen molar-refractivity contribution in [3.8, 4) is 23.0 Å². The Morgan fingerprint density at radius 3 is 2.48 bits per heavy atom. The summed E-state index contributed by atoms with van der Waals surface area (Å²) in [6.07, 6.45) is 0. The second kappa shape index (κ2) is 7.90. The lowest BCUT2D eigenvalue weighted by Crippen LogP contribution is -2.29. The third kappa shape index (κ3) is 3.32. The first kappa shape index (κ1) is 20.4. The van der Waals surface area contributed by atoms with Gasteiger partial charge in [-0.15, -0.1) is 0 Å². The number of amides is 1. The van der Waals surface area contributed by atoms with E-state index in [1.165, 1.54) is 24.1 Å². The van der Waals surface area contributed by atoms with Gasteiger partial charge in [0.1, 0.15) is 17.3 Å². The number of aromatic hydroxyl groups is 1. The Morgan fingerprint density at radius 2 is 1.73 bits per heavy atom. The van der Waals surface area contributed by atoms with E-state index >= 15 is 0 Å². The van der Waals surface area contributed by atoms with Gasteiger partial charge >= 0.3 is 0 Å². The van der Waals surface area contributed by atoms with Crippen molar-refractivity contribution in [2.24, 2.45) is 0 Å². The molecule has 8 nitrogen and oxygen atoms in total. The first-order valence-electron chi connectivity index (χ1n) is 10.1. The molecule has 0 aromatic heterocycles. The van der Waals surface area contributed by atoms with Gasteiger partial charge in [-0.1, -0.05) is 24.3 Å². The number of hydrogen-bond donors (Lipinski definition) is 2. The largest absolute Gasteiger partial charge is 0.508 e. The van der Waals surface area contributed by atoms with Gasteiger partial charge < -0.3 is 24.4 Å². The lowest BCUT2D eigenvalue weighted by molar-refractivity contribution is -0.132. The molecule has 0 saturated carbocycles. The van der Waals surface area contributed by atoms with E-state index in [2.05, 4.69) is 0 Å². The van der Waals surface area contributed by atoms with E-state index in [0.717, 1.165) is 0 Å². The van der Waals surface area contributed by atoms with Gasteiger partial charge in [0.05, 0.1) is 24.4 Å². The molecule has 1 unspecified atom stereocenters. The monoisotopic (exact) mass is 445 g/mol. The first-order chi connectivity index (χ1) is 16.0. The Bertz CT molecular complexity index is 1300. The highest BCUT2D eigenvalue weighted by Crippen LogP contribution is 2.45. The van der Waals surface area contributed by atoms with Gasteiger partial charge in [0.25, 0.3) is 11.7 Å². The summed E-state index contributed by atoms with van der Waals surface area (Å²) in [7, 11) is 1.47. The van der Waals surface area contributed by atoms with E-state index in [9.17, 15) is 19.8 Å². The topological polar surface area (TPSA) is 106 Å². The van der Waals surface area contributed by atoms with Crippen molar-refractivity contribution in [1.82, 2.24) is 0 Å². The molecular weight excluding hydrogens is 426 g/mol. The van der Waals surface area contributed by atoms with E-state index in [1.54, 1.807) is 54.6 Å². The Hall–Kier alpha value is -4.46. The predicted octanol–water partition coefficient (Wildman–Crippen LogP) is 3.76. The number of aliphatic hydroxyl groups is 1. The summed E-state index contributed by atoms with van der Waals surface area (Å²) < 4.78 is 16.1. The number of methoxy groups -OCH3 is 1. The first-order valence-corrected chi connectivity index (χ1v) is 10.1. The van der Waals surface area contributed by atoms with Crippen molar-refractivity contribution in [1.29, 1.82) is 0 Å². The van der Waals surface area contributed by atoms with E-state index < -0.39 is 17.7 Å². The molecule has 0 radical (unpaired) electrons. The van der Waals surface area contributed by atoms with E-state index in [4.69, 9.17) is 14.2 Å². The van der Waals surface area contributed by atoms with Crippen LogP contribution < -0.4 is 19.1 Å². The number of rotatable bonds is 4. The molecule has 2 N–H and O–H groups in total. The number of phenols is 1. The third-order valence-corrected chi connectivity index (χ3v) is 5.64. The van der Waals surface area contributed by atoms with Gasteiger partial charge in [-0.25, -0.2) is 0 Å². The summed E-state index contributed by atoms with van der Waals surface area (Å²) in [5.41, 5.74) is 1.13. The smallest absolute Gasteiger partial charge is 0.300 e. The standard InChI is InChI=1S/C25H19NO7/c1-31-18-5-3-2-4-17(18)26-22(14-6-9-16(27)10-7-14)21(24(29)25(26)30)23(28)15-8-11-19-20(12-15)33-13-32-19/h2-12,22,27-28H,13H2,1H3/b23-21-. The van der Waals surface area contributed by atoms with Crippen LogP contribution in [0.15, 0.2) is 72.3 Å². The van der Waals surface area contributed by atoms with Crippen LogP contribution in [0.5, 0.6) is 23.0 Å². The summed E-state index contributed by atoms with van der Waals surface area (Å²) in [6.45, 7) is 0.0608. The highest BCUT2D eigenvalue weighted by molar-refractivity contribution is 6.51. The molecule has 0 bridgehead atoms. The second-order valence-corrected chi connectivity index (χ2v) is 7.50. The van der Waals surface area contributed by atoms with Crippen molar-refractivity contribution < 1.29 is 34.0 Å². The average Bonchev–Trinajstić information content (AvgIpc) is 3.41. The summed E-state index contributed by atoms with van der Waals surface area (Å²) in [5, 5.41) is 21.0. The molecule has 1 amide bonds. The summed E-state index contributed by atoms with van der Waals surface area (Å²) in [4.78, 5) is 27.8. The maximum atomic E-state index is 13.2. The number of carbonyl (C=O) groups excluding carboxylic acids is 2. The molecule has 166 valence electrons. The zero-order valence-electron chi connectivity index (χ0n) is 17.5. The number of fused-ring (bicyclic) bond motifs is 1. The highest BCUT2D eigenvalue weighted by Gasteiger charge is 2.47. The van der Waals surface area contributed by atoms with Crippen molar-refractivity contribution in [2.75, 3.05) is 18.8 Å². The van der Waals surface area contributed by atoms with E-state index in [0.29, 0.717) is 34.1 Å². The molecule has 0 aliphatic carbocycles. The maximum Gasteiger partial charge on any atom is 0.300 e. The predicted molar refractivity (Wildman–Crippen MR) is 118 cm³/mol. The molecule has 2 aliphatic rings. The van der Waals surface area contributed by atoms with Gasteiger partial charge in [-0.3, -0.25) is 14.5 Å². The molecule has 3 aromatic carbocycles. The van der Waals surface area contributed by atoms with Crippen molar-refractivity contribution in [2.45, 2.75) is 6.04 Å². The Kier molecular flexibility index (Phi) is 4.90. The molecule has 1 fully saturated rings. The molecule has 0 spiro atoms. The van der Waals surface area contributed by atoms with Crippen LogP contribution in [-0.4, -0.2) is 35.8 Å². The van der Waals surface area contributed by atoms with Crippen LogP contribution in [0.3, 0.4) is 0 Å². The van der Waals surface area contributed by atoms with Gasteiger partial charge in [0.2, 0.25) is 6.79 Å². The third-order valence-electron chi connectivity index (χ3n) is 5.64. The normalized spacial score (nSPS) is 18.6. The number of ether oxygens (including phenoxy) is 3. The Morgan fingerprint density at radius 1 is 1.00 bits per heavy atom. The Balaban J connectivity index is 1.72. The molecule has 1 atom stereocenters. The SMILES string of the molecule is COc1ccccc1N1C(=O)C(=O)/C(=C(\O)c2ccc3c(c2)OCO3)C1c1ccc(O)cc1. The Labute approximate surface area is 188 Å². The molecule has 2 aliphatic heterocycles. The van der Waals surface area contributed by atoms with Crippen LogP contribution >= 0.6 is 0 Å². The van der Waals surface area contributed by atoms with E-state index in [1.807, 2.05) is 0 Å². The number of phenolic OH excluding ortho intramolecular Hbond substituents is 1. The number of aliphatic hydroxyl groups excluding tert-OH is 1. The van der Waals surface area contributed by atoms with Gasteiger partial charge in [0, 0.05) is 5.56 Å². The van der Waals surface area contributed by atoms with Crippen LogP contribution in [0.4, 0.5) is 5.69 Å². The number of anilines is 1. The summed E-state index contributed by atoms with van der Waals surface area (Å²) in [6, 6.07) is 16.8. The molecule has 3 aromatic rings. The average molecular weight is 445 g/mol. The summed E-state index contributed by atoms with van der Waals surface area (Å²) in [5.74, 6) is -0.610. The minimum atomic E-state index is -0.952. The number of benzene rings is 3. The van der Waals surface area contributed by atoms with Crippen LogP contribution in [0.1, 0.15) is 17.2 Å². The number of Topliss-reactive ketones (excluding diaryl/α,β-unsaturated/α-hetero) is 1. The molecule has 33 heavy (non-hydrogen) atoms. The van der Waals surface area contributed by atoms with Crippen LogP contribution in [-0.2, 0) is 9.59 Å². The maximum absolute atomic E-state index is 13.2. The number of hydrogen-bond acceptors (Lipinski definition) is 7. The quantitative estimate of drug-likeness (QED) is 0.358. The lowest BCUT2D eigenvalue weighted by Gasteiger charge is -2.26. The number of nitrogens with zero attached hydrogens (tertiary/aromatic N) is 1. The minimum absolute atomic E-state index is 0.0313. The zero-order chi connectivity index (χ0) is 23.1. The second-order valence-electron chi connectivity index (χ2n) is 7.50. The van der Waals surface area contributed by atoms with Crippen molar-refractivity contribution in [3.63, 3.8) is 0 Å². The fourth-order valence-electron chi connectivity index (χ4n) is 4.08. The van der Waals surface area contributed by atoms with Gasteiger partial charge in [-0.05, 0) is 48.0 Å². The zero-order valence-corrected chi connectivity index (χ0v) is 17.5. The van der Waals surface area contributed by atoms with Crippen molar-refractivity contribution in [3.05, 3.63) is 83.4 Å². The molecule has 1 saturated heterocycles. The molecular formula is C25H19NO7. The lowest BCUT2D eigenvalue weighted by atomic mass is 9.95. The molecule has 5 rings (SSSR count). The van der Waals surface area contributed by atoms with Crippen molar-refractivity contribution >= 4 is 23.1 Å². The number of carbonyl (C=O) groups is 2. The fraction of sp³-hybridized carbons (Fsp3) is 0.120. The van der Waals surface area contributed by atoms with Crippen LogP contribution in [0.25, 0.3) is 5.76 Å². The highest BCUT2D eigenvalue weighted by atomic mass is 16.7. The van der Waals surface area contributed by atoms with Gasteiger partial charge in [0.15, 0.2) is 11.5 Å². The number of para-hydroxylation sites is 2. The van der Waals surface area contributed by atoms with E-state index in [-0.39, 0.29) is 23.9 Å². The van der Waals surface area contributed by atoms with Gasteiger partial charge in [-0.2, -0.15) is 0 Å². The minimum Gasteiger partial charge on any atom is -0.508 e. The molecule has 2 heterocycles.